The molecule has 0 saturated carbocycles. The van der Waals surface area contributed by atoms with Gasteiger partial charge in [0.15, 0.2) is 0 Å². The predicted octanol–water partition coefficient (Wildman–Crippen LogP) is 2.25. The number of piperidine rings is 1. The summed E-state index contributed by atoms with van der Waals surface area (Å²) in [6.07, 6.45) is 3.27. The molecule has 2 amide bonds. The highest BCUT2D eigenvalue weighted by atomic mass is 35.5. The summed E-state index contributed by atoms with van der Waals surface area (Å²) < 4.78 is 26.8. The van der Waals surface area contributed by atoms with Gasteiger partial charge in [0.25, 0.3) is 0 Å². The minimum Gasteiger partial charge on any atom is -0.325 e. The van der Waals surface area contributed by atoms with Crippen LogP contribution < -0.4 is 0 Å². The van der Waals surface area contributed by atoms with Crippen molar-refractivity contribution in [3.63, 3.8) is 0 Å². The molecule has 2 fully saturated rings. The smallest absolute Gasteiger partial charge is 0.320 e. The van der Waals surface area contributed by atoms with Gasteiger partial charge >= 0.3 is 6.03 Å². The molecule has 1 aromatic rings. The third kappa shape index (κ3) is 3.53. The minimum absolute atomic E-state index is 0.0319. The van der Waals surface area contributed by atoms with Gasteiger partial charge in [0.2, 0.25) is 10.0 Å². The van der Waals surface area contributed by atoms with Crippen molar-refractivity contribution in [3.05, 3.63) is 29.3 Å². The maximum atomic E-state index is 12.7. The quantitative estimate of drug-likeness (QED) is 0.801. The lowest BCUT2D eigenvalue weighted by Gasteiger charge is -2.38. The zero-order chi connectivity index (χ0) is 17.2. The Morgan fingerprint density at radius 3 is 2.08 bits per heavy atom. The number of hydrogen-bond acceptors (Lipinski definition) is 3. The van der Waals surface area contributed by atoms with Crippen LogP contribution >= 0.6 is 11.6 Å². The van der Waals surface area contributed by atoms with Crippen LogP contribution in [-0.4, -0.2) is 67.8 Å². The molecule has 6 nitrogen and oxygen atoms in total. The molecule has 2 heterocycles. The summed E-state index contributed by atoms with van der Waals surface area (Å²) in [4.78, 5) is 16.3. The summed E-state index contributed by atoms with van der Waals surface area (Å²) in [5.74, 6) is 0. The maximum Gasteiger partial charge on any atom is 0.320 e. The number of sulfonamides is 1. The molecule has 132 valence electrons. The highest BCUT2D eigenvalue weighted by Gasteiger charge is 2.32. The van der Waals surface area contributed by atoms with E-state index in [4.69, 9.17) is 11.6 Å². The Hall–Kier alpha value is -1.31. The molecule has 8 heteroatoms. The van der Waals surface area contributed by atoms with E-state index in [2.05, 4.69) is 0 Å². The molecule has 1 aromatic carbocycles. The Morgan fingerprint density at radius 1 is 0.875 bits per heavy atom. The molecule has 0 aromatic heterocycles. The number of piperazine rings is 1. The van der Waals surface area contributed by atoms with Gasteiger partial charge in [0.05, 0.1) is 5.02 Å². The van der Waals surface area contributed by atoms with Crippen molar-refractivity contribution in [1.29, 1.82) is 0 Å². The Balaban J connectivity index is 1.64. The highest BCUT2D eigenvalue weighted by Crippen LogP contribution is 2.25. The predicted molar refractivity (Wildman–Crippen MR) is 92.6 cm³/mol. The van der Waals surface area contributed by atoms with Crippen LogP contribution in [-0.2, 0) is 10.0 Å². The van der Waals surface area contributed by atoms with Gasteiger partial charge in [0, 0.05) is 39.3 Å². The van der Waals surface area contributed by atoms with E-state index in [1.807, 2.05) is 4.90 Å². The lowest BCUT2D eigenvalue weighted by molar-refractivity contribution is 0.126. The molecule has 2 aliphatic rings. The van der Waals surface area contributed by atoms with Gasteiger partial charge in [-0.2, -0.15) is 4.31 Å². The number of halogens is 1. The van der Waals surface area contributed by atoms with Crippen LogP contribution in [0.15, 0.2) is 29.2 Å². The average Bonchev–Trinajstić information content (AvgIpc) is 2.62. The van der Waals surface area contributed by atoms with Gasteiger partial charge in [-0.3, -0.25) is 0 Å². The Kier molecular flexibility index (Phi) is 5.32. The summed E-state index contributed by atoms with van der Waals surface area (Å²) in [5, 5.41) is 0.226. The summed E-state index contributed by atoms with van der Waals surface area (Å²) >= 11 is 6.03. The lowest BCUT2D eigenvalue weighted by Crippen LogP contribution is -2.54. The van der Waals surface area contributed by atoms with Crippen LogP contribution in [0.1, 0.15) is 19.3 Å². The zero-order valence-electron chi connectivity index (χ0n) is 13.5. The first-order chi connectivity index (χ1) is 11.5. The number of carbonyl (C=O) groups is 1. The number of benzene rings is 1. The van der Waals surface area contributed by atoms with E-state index in [1.165, 1.54) is 16.8 Å². The van der Waals surface area contributed by atoms with E-state index >= 15 is 0 Å². The van der Waals surface area contributed by atoms with Crippen LogP contribution in [0.5, 0.6) is 0 Å². The first kappa shape index (κ1) is 17.5. The molecule has 0 N–H and O–H groups in total. The van der Waals surface area contributed by atoms with Crippen molar-refractivity contribution in [2.75, 3.05) is 39.3 Å². The molecule has 0 aliphatic carbocycles. The fourth-order valence-corrected chi connectivity index (χ4v) is 5.11. The minimum atomic E-state index is -3.62. The molecular formula is C16H22ClN3O3S. The van der Waals surface area contributed by atoms with Crippen molar-refractivity contribution in [2.24, 2.45) is 0 Å². The standard InChI is InChI=1S/C16H22ClN3O3S/c17-14-6-2-3-7-15(14)24(22,23)20-12-10-19(11-13-20)16(21)18-8-4-1-5-9-18/h2-3,6-7H,1,4-5,8-13H2. The lowest BCUT2D eigenvalue weighted by atomic mass is 10.1. The molecule has 24 heavy (non-hydrogen) atoms. The number of nitrogens with zero attached hydrogens (tertiary/aromatic N) is 3. The van der Waals surface area contributed by atoms with Gasteiger partial charge in [-0.1, -0.05) is 23.7 Å². The highest BCUT2D eigenvalue weighted by molar-refractivity contribution is 7.89. The molecule has 2 aliphatic heterocycles. The molecule has 0 unspecified atom stereocenters. The number of likely N-dealkylation sites (tertiary alicyclic amines) is 1. The summed E-state index contributed by atoms with van der Waals surface area (Å²) in [6, 6.07) is 6.49. The topological polar surface area (TPSA) is 60.9 Å². The molecule has 0 atom stereocenters. The summed E-state index contributed by atoms with van der Waals surface area (Å²) in [5.41, 5.74) is 0. The summed E-state index contributed by atoms with van der Waals surface area (Å²) in [6.45, 7) is 3.03. The number of hydrogen-bond donors (Lipinski definition) is 0. The van der Waals surface area contributed by atoms with Crippen molar-refractivity contribution < 1.29 is 13.2 Å². The monoisotopic (exact) mass is 371 g/mol. The third-order valence-electron chi connectivity index (χ3n) is 4.59. The SMILES string of the molecule is O=C(N1CCCCC1)N1CCN(S(=O)(=O)c2ccccc2Cl)CC1. The van der Waals surface area contributed by atoms with Crippen molar-refractivity contribution in [1.82, 2.24) is 14.1 Å². The van der Waals surface area contributed by atoms with Gasteiger partial charge in [-0.05, 0) is 31.4 Å². The third-order valence-corrected chi connectivity index (χ3v) is 6.99. The maximum absolute atomic E-state index is 12.7. The average molecular weight is 372 g/mol. The van der Waals surface area contributed by atoms with E-state index in [0.29, 0.717) is 26.2 Å². The molecule has 0 bridgehead atoms. The largest absolute Gasteiger partial charge is 0.325 e. The fraction of sp³-hybridized carbons (Fsp3) is 0.562. The number of carbonyl (C=O) groups excluding carboxylic acids is 1. The molecule has 0 radical (unpaired) electrons. The Bertz CT molecular complexity index is 696. The van der Waals surface area contributed by atoms with Crippen LogP contribution in [0, 0.1) is 0 Å². The van der Waals surface area contributed by atoms with Crippen molar-refractivity contribution in [2.45, 2.75) is 24.2 Å². The number of urea groups is 1. The second-order valence-electron chi connectivity index (χ2n) is 6.15. The Labute approximate surface area is 148 Å². The zero-order valence-corrected chi connectivity index (χ0v) is 15.1. The second-order valence-corrected chi connectivity index (χ2v) is 8.47. The van der Waals surface area contributed by atoms with Gasteiger partial charge in [-0.25, -0.2) is 13.2 Å². The number of rotatable bonds is 2. The molecule has 3 rings (SSSR count). The van der Waals surface area contributed by atoms with E-state index < -0.39 is 10.0 Å². The molecular weight excluding hydrogens is 350 g/mol. The van der Waals surface area contributed by atoms with Crippen molar-refractivity contribution in [3.8, 4) is 0 Å². The van der Waals surface area contributed by atoms with Gasteiger partial charge in [0.1, 0.15) is 4.90 Å². The van der Waals surface area contributed by atoms with E-state index in [1.54, 1.807) is 23.1 Å². The summed E-state index contributed by atoms with van der Waals surface area (Å²) in [7, 11) is -3.62. The van der Waals surface area contributed by atoms with Crippen LogP contribution in [0.25, 0.3) is 0 Å². The second kappa shape index (κ2) is 7.29. The molecule has 0 spiro atoms. The number of amides is 2. The van der Waals surface area contributed by atoms with Gasteiger partial charge < -0.3 is 9.80 Å². The van der Waals surface area contributed by atoms with E-state index in [9.17, 15) is 13.2 Å². The van der Waals surface area contributed by atoms with Crippen LogP contribution in [0.3, 0.4) is 0 Å². The van der Waals surface area contributed by atoms with Gasteiger partial charge in [-0.15, -0.1) is 0 Å². The first-order valence-electron chi connectivity index (χ1n) is 8.29. The van der Waals surface area contributed by atoms with Crippen molar-refractivity contribution >= 4 is 27.7 Å². The Morgan fingerprint density at radius 2 is 1.46 bits per heavy atom. The van der Waals surface area contributed by atoms with E-state index in [0.717, 1.165) is 25.9 Å². The van der Waals surface area contributed by atoms with E-state index in [-0.39, 0.29) is 15.9 Å². The first-order valence-corrected chi connectivity index (χ1v) is 10.1. The normalized spacial score (nSPS) is 20.2. The fourth-order valence-electron chi connectivity index (χ4n) is 3.20. The van der Waals surface area contributed by atoms with Crippen LogP contribution in [0.2, 0.25) is 5.02 Å². The molecule has 2 saturated heterocycles. The van der Waals surface area contributed by atoms with Crippen LogP contribution in [0.4, 0.5) is 4.79 Å².